The van der Waals surface area contributed by atoms with Crippen molar-refractivity contribution in [3.8, 4) is 0 Å². The molecule has 0 aliphatic carbocycles. The van der Waals surface area contributed by atoms with Gasteiger partial charge in [-0.2, -0.15) is 0 Å². The van der Waals surface area contributed by atoms with Crippen molar-refractivity contribution in [1.29, 1.82) is 0 Å². The van der Waals surface area contributed by atoms with E-state index in [1.165, 1.54) is 6.92 Å². The number of nitrogens with zero attached hydrogens (tertiary/aromatic N) is 1. The summed E-state index contributed by atoms with van der Waals surface area (Å²) in [7, 11) is 0. The van der Waals surface area contributed by atoms with Crippen LogP contribution in [-0.2, 0) is 9.59 Å². The zero-order chi connectivity index (χ0) is 15.9. The molecule has 1 saturated heterocycles. The summed E-state index contributed by atoms with van der Waals surface area (Å²) < 4.78 is 0. The summed E-state index contributed by atoms with van der Waals surface area (Å²) in [4.78, 5) is 36.5. The van der Waals surface area contributed by atoms with Crippen molar-refractivity contribution in [2.24, 2.45) is 0 Å². The molecule has 1 rings (SSSR count). The number of likely N-dealkylation sites (tertiary alicyclic amines) is 1. The van der Waals surface area contributed by atoms with Crippen LogP contribution in [0.5, 0.6) is 0 Å². The molecule has 1 aliphatic rings. The van der Waals surface area contributed by atoms with E-state index in [1.54, 1.807) is 4.90 Å². The molecule has 0 aromatic carbocycles. The SMILES string of the molecule is CCCC(C)(NC(=O)NCCC(=O)N1CCCC1)C(=O)O. The highest BCUT2D eigenvalue weighted by Crippen LogP contribution is 2.12. The van der Waals surface area contributed by atoms with Crippen LogP contribution in [0.25, 0.3) is 0 Å². The summed E-state index contributed by atoms with van der Waals surface area (Å²) in [6.07, 6.45) is 3.31. The molecular formula is C14H25N3O4. The number of aliphatic carboxylic acids is 1. The maximum atomic E-state index is 11.8. The number of urea groups is 1. The Balaban J connectivity index is 2.32. The van der Waals surface area contributed by atoms with Crippen LogP contribution in [0.2, 0.25) is 0 Å². The largest absolute Gasteiger partial charge is 0.480 e. The van der Waals surface area contributed by atoms with E-state index in [0.717, 1.165) is 25.9 Å². The molecule has 0 bridgehead atoms. The molecule has 0 aromatic rings. The Morgan fingerprint density at radius 1 is 1.24 bits per heavy atom. The first kappa shape index (κ1) is 17.3. The summed E-state index contributed by atoms with van der Waals surface area (Å²) in [5.74, 6) is -1.03. The number of carbonyl (C=O) groups excluding carboxylic acids is 2. The van der Waals surface area contributed by atoms with Crippen LogP contribution in [0.3, 0.4) is 0 Å². The Labute approximate surface area is 125 Å². The Bertz CT molecular complexity index is 394. The molecule has 7 heteroatoms. The smallest absolute Gasteiger partial charge is 0.329 e. The van der Waals surface area contributed by atoms with Crippen molar-refractivity contribution >= 4 is 17.9 Å². The fourth-order valence-electron chi connectivity index (χ4n) is 2.43. The predicted molar refractivity (Wildman–Crippen MR) is 77.9 cm³/mol. The van der Waals surface area contributed by atoms with E-state index in [4.69, 9.17) is 5.11 Å². The lowest BCUT2D eigenvalue weighted by atomic mass is 9.97. The molecule has 7 nitrogen and oxygen atoms in total. The van der Waals surface area contributed by atoms with Gasteiger partial charge < -0.3 is 20.6 Å². The highest BCUT2D eigenvalue weighted by molar-refractivity contribution is 5.86. The van der Waals surface area contributed by atoms with E-state index in [9.17, 15) is 14.4 Å². The molecule has 0 aromatic heterocycles. The summed E-state index contributed by atoms with van der Waals surface area (Å²) >= 11 is 0. The molecule has 0 saturated carbocycles. The highest BCUT2D eigenvalue weighted by Gasteiger charge is 2.33. The van der Waals surface area contributed by atoms with Crippen molar-refractivity contribution in [1.82, 2.24) is 15.5 Å². The van der Waals surface area contributed by atoms with Crippen molar-refractivity contribution in [3.05, 3.63) is 0 Å². The van der Waals surface area contributed by atoms with Gasteiger partial charge in [0.15, 0.2) is 0 Å². The average molecular weight is 299 g/mol. The number of carboxylic acid groups (broad SMARTS) is 1. The highest BCUT2D eigenvalue weighted by atomic mass is 16.4. The van der Waals surface area contributed by atoms with Crippen molar-refractivity contribution in [3.63, 3.8) is 0 Å². The van der Waals surface area contributed by atoms with Gasteiger partial charge in [0.2, 0.25) is 5.91 Å². The van der Waals surface area contributed by atoms with Crippen LogP contribution in [0, 0.1) is 0 Å². The lowest BCUT2D eigenvalue weighted by Gasteiger charge is -2.25. The first-order valence-electron chi connectivity index (χ1n) is 7.46. The Kier molecular flexibility index (Phi) is 6.45. The summed E-state index contributed by atoms with van der Waals surface area (Å²) in [6, 6.07) is -0.553. The van der Waals surface area contributed by atoms with E-state index in [0.29, 0.717) is 12.8 Å². The standard InChI is InChI=1S/C14H25N3O4/c1-3-7-14(2,12(19)20)16-13(21)15-8-6-11(18)17-9-4-5-10-17/h3-10H2,1-2H3,(H,19,20)(H2,15,16,21). The van der Waals surface area contributed by atoms with E-state index >= 15 is 0 Å². The molecule has 0 radical (unpaired) electrons. The fraction of sp³-hybridized carbons (Fsp3) is 0.786. The summed E-state index contributed by atoms with van der Waals surface area (Å²) in [5, 5.41) is 14.2. The second-order valence-corrected chi connectivity index (χ2v) is 5.61. The monoisotopic (exact) mass is 299 g/mol. The summed E-state index contributed by atoms with van der Waals surface area (Å²) in [5.41, 5.74) is -1.28. The van der Waals surface area contributed by atoms with Crippen LogP contribution >= 0.6 is 0 Å². The van der Waals surface area contributed by atoms with Crippen molar-refractivity contribution in [2.45, 2.75) is 51.5 Å². The molecule has 1 heterocycles. The van der Waals surface area contributed by atoms with Gasteiger partial charge in [-0.3, -0.25) is 4.79 Å². The van der Waals surface area contributed by atoms with Gasteiger partial charge in [0.1, 0.15) is 5.54 Å². The van der Waals surface area contributed by atoms with Gasteiger partial charge in [0.05, 0.1) is 0 Å². The third kappa shape index (κ3) is 5.24. The van der Waals surface area contributed by atoms with Gasteiger partial charge in [-0.05, 0) is 26.2 Å². The molecule has 3 N–H and O–H groups in total. The van der Waals surface area contributed by atoms with Crippen LogP contribution in [0.15, 0.2) is 0 Å². The van der Waals surface area contributed by atoms with E-state index in [1.807, 2.05) is 6.92 Å². The number of hydrogen-bond acceptors (Lipinski definition) is 3. The van der Waals surface area contributed by atoms with Crippen molar-refractivity contribution < 1.29 is 19.5 Å². The molecule has 1 aliphatic heterocycles. The van der Waals surface area contributed by atoms with Gasteiger partial charge in [0, 0.05) is 26.1 Å². The zero-order valence-electron chi connectivity index (χ0n) is 12.8. The number of carboxylic acids is 1. The predicted octanol–water partition coefficient (Wildman–Crippen LogP) is 0.941. The minimum Gasteiger partial charge on any atom is -0.480 e. The quantitative estimate of drug-likeness (QED) is 0.651. The molecule has 1 unspecified atom stereocenters. The van der Waals surface area contributed by atoms with E-state index in [2.05, 4.69) is 10.6 Å². The minimum atomic E-state index is -1.28. The Morgan fingerprint density at radius 2 is 1.86 bits per heavy atom. The van der Waals surface area contributed by atoms with Crippen LogP contribution < -0.4 is 10.6 Å². The molecule has 1 fully saturated rings. The molecule has 0 spiro atoms. The molecule has 3 amide bonds. The van der Waals surface area contributed by atoms with Gasteiger partial charge >= 0.3 is 12.0 Å². The average Bonchev–Trinajstić information content (AvgIpc) is 2.92. The zero-order valence-corrected chi connectivity index (χ0v) is 12.8. The first-order valence-corrected chi connectivity index (χ1v) is 7.46. The van der Waals surface area contributed by atoms with E-state index in [-0.39, 0.29) is 18.9 Å². The minimum absolute atomic E-state index is 0.0300. The number of amides is 3. The van der Waals surface area contributed by atoms with Gasteiger partial charge in [-0.25, -0.2) is 9.59 Å². The number of rotatable bonds is 7. The first-order chi connectivity index (χ1) is 9.89. The lowest BCUT2D eigenvalue weighted by molar-refractivity contribution is -0.144. The second-order valence-electron chi connectivity index (χ2n) is 5.61. The van der Waals surface area contributed by atoms with Gasteiger partial charge in [-0.15, -0.1) is 0 Å². The molecule has 21 heavy (non-hydrogen) atoms. The van der Waals surface area contributed by atoms with Crippen molar-refractivity contribution in [2.75, 3.05) is 19.6 Å². The third-order valence-corrected chi connectivity index (χ3v) is 3.69. The maximum Gasteiger partial charge on any atom is 0.329 e. The molecule has 1 atom stereocenters. The lowest BCUT2D eigenvalue weighted by Crippen LogP contribution is -2.55. The molecular weight excluding hydrogens is 274 g/mol. The molecule has 120 valence electrons. The fourth-order valence-corrected chi connectivity index (χ4v) is 2.43. The normalized spacial score (nSPS) is 17.1. The van der Waals surface area contributed by atoms with Crippen LogP contribution in [-0.4, -0.2) is 53.1 Å². The number of carbonyl (C=O) groups is 3. The Morgan fingerprint density at radius 3 is 2.38 bits per heavy atom. The second kappa shape index (κ2) is 7.85. The Hall–Kier alpha value is -1.79. The van der Waals surface area contributed by atoms with Gasteiger partial charge in [0.25, 0.3) is 0 Å². The number of hydrogen-bond donors (Lipinski definition) is 3. The van der Waals surface area contributed by atoms with Gasteiger partial charge in [-0.1, -0.05) is 13.3 Å². The maximum absolute atomic E-state index is 11.8. The third-order valence-electron chi connectivity index (χ3n) is 3.69. The van der Waals surface area contributed by atoms with Crippen LogP contribution in [0.1, 0.15) is 46.0 Å². The summed E-state index contributed by atoms with van der Waals surface area (Å²) in [6.45, 7) is 5.13. The van der Waals surface area contributed by atoms with E-state index < -0.39 is 17.5 Å². The topological polar surface area (TPSA) is 98.7 Å². The number of nitrogens with one attached hydrogen (secondary N) is 2. The van der Waals surface area contributed by atoms with Crippen LogP contribution in [0.4, 0.5) is 4.79 Å².